The number of hydrogen-bond acceptors (Lipinski definition) is 7. The Labute approximate surface area is 286 Å². The van der Waals surface area contributed by atoms with E-state index in [0.29, 0.717) is 24.4 Å². The van der Waals surface area contributed by atoms with Gasteiger partial charge in [-0.2, -0.15) is 13.2 Å². The van der Waals surface area contributed by atoms with E-state index in [9.17, 15) is 23.4 Å². The molecule has 2 spiro atoms. The van der Waals surface area contributed by atoms with Crippen molar-refractivity contribution in [2.24, 2.45) is 50.7 Å². The first-order chi connectivity index (χ1) is 22.2. The molecule has 0 bridgehead atoms. The molecule has 0 aromatic heterocycles. The Hall–Kier alpha value is -0.490. The van der Waals surface area contributed by atoms with E-state index in [1.54, 1.807) is 13.8 Å². The number of morpholine rings is 1. The zero-order valence-corrected chi connectivity index (χ0v) is 30.6. The molecule has 0 radical (unpaired) electrons. The summed E-state index contributed by atoms with van der Waals surface area (Å²) in [7, 11) is 0. The van der Waals surface area contributed by atoms with Crippen molar-refractivity contribution in [2.45, 2.75) is 155 Å². The molecule has 276 valence electrons. The molecule has 5 saturated carbocycles. The second-order valence-corrected chi connectivity index (χ2v) is 18.9. The normalized spacial score (nSPS) is 50.8. The van der Waals surface area contributed by atoms with Crippen LogP contribution in [0.4, 0.5) is 13.2 Å². The summed E-state index contributed by atoms with van der Waals surface area (Å²) in [5.74, 6) is 1.44. The van der Waals surface area contributed by atoms with Crippen LogP contribution >= 0.6 is 0 Å². The van der Waals surface area contributed by atoms with Gasteiger partial charge in [-0.25, -0.2) is 0 Å². The van der Waals surface area contributed by atoms with Gasteiger partial charge in [-0.05, 0) is 117 Å². The van der Waals surface area contributed by atoms with Crippen LogP contribution in [0.2, 0.25) is 0 Å². The SMILES string of the molecule is CCOC([C@@H]1C[C@@H](C)[C@H]2[C@@H](O1)[C@H](O)[C@@]1(C)C3CC[C@H]4C(C)(C)C(OC5CN(CC(F)(F)F)CCO5)CCC45CC35CCC21C)C(C)(C)O. The number of rotatable bonds is 7. The predicted octanol–water partition coefficient (Wildman–Crippen LogP) is 6.58. The maximum atomic E-state index is 13.1. The van der Waals surface area contributed by atoms with Crippen molar-refractivity contribution in [1.82, 2.24) is 4.90 Å². The highest BCUT2D eigenvalue weighted by Crippen LogP contribution is 2.89. The van der Waals surface area contributed by atoms with Crippen molar-refractivity contribution < 1.29 is 42.3 Å². The van der Waals surface area contributed by atoms with Gasteiger partial charge in [0.15, 0.2) is 6.29 Å². The van der Waals surface area contributed by atoms with Gasteiger partial charge in [0.2, 0.25) is 0 Å². The molecule has 2 heterocycles. The average Bonchev–Trinajstić information content (AvgIpc) is 3.61. The van der Waals surface area contributed by atoms with Crippen molar-refractivity contribution >= 4 is 0 Å². The first-order valence-corrected chi connectivity index (χ1v) is 19.0. The Balaban J connectivity index is 1.11. The molecule has 0 aromatic rings. The highest BCUT2D eigenvalue weighted by Gasteiger charge is 2.84. The van der Waals surface area contributed by atoms with Gasteiger partial charge < -0.3 is 29.2 Å². The second-order valence-electron chi connectivity index (χ2n) is 18.9. The Bertz CT molecular complexity index is 1230. The lowest BCUT2D eigenvalue weighted by atomic mass is 9.41. The van der Waals surface area contributed by atoms with E-state index in [4.69, 9.17) is 18.9 Å². The van der Waals surface area contributed by atoms with Crippen molar-refractivity contribution in [3.8, 4) is 0 Å². The van der Waals surface area contributed by atoms with Gasteiger partial charge in [-0.3, -0.25) is 4.90 Å². The smallest absolute Gasteiger partial charge is 0.390 e. The summed E-state index contributed by atoms with van der Waals surface area (Å²) in [6, 6.07) is 0. The summed E-state index contributed by atoms with van der Waals surface area (Å²) in [4.78, 5) is 1.41. The standard InChI is InChI=1S/C38H62F3NO6/c1-9-45-31(33(5,6)44)23-18-22(2)28-29(47-23)30(43)35(8)25-11-10-24-32(3,4)26(48-27-19-42(16-17-46-27)21-38(39,40)41)12-13-36(24)20-37(25,36)15-14-34(28,35)7/h22-31,43-44H,9-21H2,1-8H3/t22-,23+,24+,25?,26?,27?,28+,29-,30+,31?,34?,35-,36?,37?/m1/s1. The first-order valence-electron chi connectivity index (χ1n) is 19.0. The van der Waals surface area contributed by atoms with Crippen LogP contribution in [0, 0.1) is 50.7 Å². The topological polar surface area (TPSA) is 80.6 Å². The molecule has 0 amide bonds. The third-order valence-corrected chi connectivity index (χ3v) is 16.0. The number of aliphatic hydroxyl groups excluding tert-OH is 1. The quantitative estimate of drug-likeness (QED) is 0.314. The summed E-state index contributed by atoms with van der Waals surface area (Å²) in [6.45, 7) is 17.6. The summed E-state index contributed by atoms with van der Waals surface area (Å²) in [6.07, 6.45) is 1.81. The Morgan fingerprint density at radius 3 is 2.35 bits per heavy atom. The Morgan fingerprint density at radius 1 is 1.00 bits per heavy atom. The lowest BCUT2D eigenvalue weighted by Crippen LogP contribution is -2.60. The molecule has 7 nitrogen and oxygen atoms in total. The third-order valence-electron chi connectivity index (χ3n) is 16.0. The van der Waals surface area contributed by atoms with Crippen LogP contribution in [0.5, 0.6) is 0 Å². The van der Waals surface area contributed by atoms with E-state index in [1.165, 1.54) is 17.7 Å². The van der Waals surface area contributed by atoms with Gasteiger partial charge in [0.05, 0.1) is 43.2 Å². The molecule has 7 aliphatic rings. The number of hydrogen-bond donors (Lipinski definition) is 2. The number of halogens is 3. The van der Waals surface area contributed by atoms with Crippen LogP contribution < -0.4 is 0 Å². The van der Waals surface area contributed by atoms with Gasteiger partial charge in [0.25, 0.3) is 0 Å². The molecule has 2 saturated heterocycles. The third kappa shape index (κ3) is 5.06. The molecule has 0 aromatic carbocycles. The fraction of sp³-hybridized carbons (Fsp3) is 1.00. The van der Waals surface area contributed by atoms with Crippen LogP contribution in [-0.4, -0.2) is 96.5 Å². The second kappa shape index (κ2) is 11.5. The van der Waals surface area contributed by atoms with Crippen LogP contribution in [-0.2, 0) is 18.9 Å². The van der Waals surface area contributed by atoms with Crippen LogP contribution in [0.15, 0.2) is 0 Å². The van der Waals surface area contributed by atoms with E-state index < -0.39 is 36.8 Å². The maximum Gasteiger partial charge on any atom is 0.401 e. The lowest BCUT2D eigenvalue weighted by Gasteiger charge is -2.64. The van der Waals surface area contributed by atoms with Crippen molar-refractivity contribution in [2.75, 3.05) is 32.8 Å². The van der Waals surface area contributed by atoms with E-state index >= 15 is 0 Å². The molecule has 2 aliphatic heterocycles. The fourth-order valence-electron chi connectivity index (χ4n) is 14.0. The van der Waals surface area contributed by atoms with Gasteiger partial charge in [0, 0.05) is 25.1 Å². The van der Waals surface area contributed by atoms with Crippen LogP contribution in [0.1, 0.15) is 107 Å². The van der Waals surface area contributed by atoms with E-state index in [0.717, 1.165) is 38.5 Å². The van der Waals surface area contributed by atoms with Crippen LogP contribution in [0.25, 0.3) is 0 Å². The Morgan fingerprint density at radius 2 is 1.69 bits per heavy atom. The van der Waals surface area contributed by atoms with Gasteiger partial charge >= 0.3 is 6.18 Å². The maximum absolute atomic E-state index is 13.1. The molecular formula is C38H62F3NO6. The number of alkyl halides is 3. The summed E-state index contributed by atoms with van der Waals surface area (Å²) in [5.41, 5.74) is -1.13. The highest BCUT2D eigenvalue weighted by atomic mass is 19.4. The molecule has 10 heteroatoms. The van der Waals surface area contributed by atoms with Gasteiger partial charge in [0.1, 0.15) is 6.10 Å². The van der Waals surface area contributed by atoms with E-state index in [2.05, 4.69) is 34.6 Å². The molecule has 5 aliphatic carbocycles. The zero-order valence-electron chi connectivity index (χ0n) is 30.6. The predicted molar refractivity (Wildman–Crippen MR) is 175 cm³/mol. The molecular weight excluding hydrogens is 623 g/mol. The number of ether oxygens (including phenoxy) is 4. The number of aliphatic hydroxyl groups is 2. The minimum atomic E-state index is -4.23. The average molecular weight is 686 g/mol. The Kier molecular flexibility index (Phi) is 8.60. The largest absolute Gasteiger partial charge is 0.401 e. The molecule has 14 atom stereocenters. The number of fused-ring (bicyclic) bond motifs is 4. The minimum absolute atomic E-state index is 0.0553. The first kappa shape index (κ1) is 35.9. The lowest BCUT2D eigenvalue weighted by molar-refractivity contribution is -0.255. The van der Waals surface area contributed by atoms with Crippen molar-refractivity contribution in [1.29, 1.82) is 0 Å². The van der Waals surface area contributed by atoms with Crippen molar-refractivity contribution in [3.63, 3.8) is 0 Å². The minimum Gasteiger partial charge on any atom is -0.390 e. The molecule has 7 unspecified atom stereocenters. The van der Waals surface area contributed by atoms with Crippen molar-refractivity contribution in [3.05, 3.63) is 0 Å². The molecule has 7 rings (SSSR count). The molecule has 48 heavy (non-hydrogen) atoms. The highest BCUT2D eigenvalue weighted by molar-refractivity contribution is 5.33. The summed E-state index contributed by atoms with van der Waals surface area (Å²) in [5, 5.41) is 23.6. The number of nitrogens with zero attached hydrogens (tertiary/aromatic N) is 1. The zero-order chi connectivity index (χ0) is 34.9. The van der Waals surface area contributed by atoms with E-state index in [1.807, 2.05) is 6.92 Å². The van der Waals surface area contributed by atoms with Crippen LogP contribution in [0.3, 0.4) is 0 Å². The fourth-order valence-corrected chi connectivity index (χ4v) is 14.0. The monoisotopic (exact) mass is 685 g/mol. The summed E-state index contributed by atoms with van der Waals surface area (Å²) < 4.78 is 64.9. The van der Waals surface area contributed by atoms with Gasteiger partial charge in [-0.15, -0.1) is 0 Å². The van der Waals surface area contributed by atoms with Gasteiger partial charge in [-0.1, -0.05) is 34.6 Å². The molecule has 2 N–H and O–H groups in total. The van der Waals surface area contributed by atoms with E-state index in [-0.39, 0.29) is 71.0 Å². The summed E-state index contributed by atoms with van der Waals surface area (Å²) >= 11 is 0. The molecule has 7 fully saturated rings.